The molecule has 5 rings (SSSR count). The van der Waals surface area contributed by atoms with Crippen LogP contribution in [0.25, 0.3) is 10.8 Å². The number of fused-ring (bicyclic) bond motifs is 4. The topological polar surface area (TPSA) is 69.6 Å². The fourth-order valence-corrected chi connectivity index (χ4v) is 6.84. The fraction of sp³-hybridized carbons (Fsp3) is 0.308. The van der Waals surface area contributed by atoms with Crippen molar-refractivity contribution in [3.8, 4) is 5.75 Å². The summed E-state index contributed by atoms with van der Waals surface area (Å²) >= 11 is 0. The number of nitrogens with one attached hydrogen (secondary N) is 1. The molecule has 1 heterocycles. The maximum Gasteiger partial charge on any atom is 0.243 e. The molecule has 3 atom stereocenters. The Kier molecular flexibility index (Phi) is 5.22. The van der Waals surface area contributed by atoms with Crippen molar-refractivity contribution in [1.82, 2.24) is 4.31 Å². The minimum atomic E-state index is -3.52. The van der Waals surface area contributed by atoms with Gasteiger partial charge < -0.3 is 10.4 Å². The van der Waals surface area contributed by atoms with Gasteiger partial charge in [-0.25, -0.2) is 8.42 Å². The third kappa shape index (κ3) is 3.21. The highest BCUT2D eigenvalue weighted by Gasteiger charge is 2.40. The molecule has 5 nitrogen and oxygen atoms in total. The third-order valence-electron chi connectivity index (χ3n) is 6.94. The summed E-state index contributed by atoms with van der Waals surface area (Å²) in [6, 6.07) is 17.2. The summed E-state index contributed by atoms with van der Waals surface area (Å²) in [6.45, 7) is 4.61. The minimum absolute atomic E-state index is 0.0705. The zero-order valence-corrected chi connectivity index (χ0v) is 19.1. The van der Waals surface area contributed by atoms with Crippen molar-refractivity contribution < 1.29 is 13.5 Å². The van der Waals surface area contributed by atoms with Crippen molar-refractivity contribution in [3.63, 3.8) is 0 Å². The van der Waals surface area contributed by atoms with Crippen LogP contribution in [0.1, 0.15) is 43.4 Å². The summed E-state index contributed by atoms with van der Waals surface area (Å²) in [7, 11) is -3.52. The van der Waals surface area contributed by atoms with Crippen LogP contribution in [0.3, 0.4) is 0 Å². The van der Waals surface area contributed by atoms with Crippen molar-refractivity contribution >= 4 is 26.5 Å². The lowest BCUT2D eigenvalue weighted by Crippen LogP contribution is -2.32. The number of phenolic OH excluding ortho intramolecular Hbond substituents is 1. The van der Waals surface area contributed by atoms with Crippen LogP contribution in [0.5, 0.6) is 5.75 Å². The predicted molar refractivity (Wildman–Crippen MR) is 129 cm³/mol. The Morgan fingerprint density at radius 1 is 1.06 bits per heavy atom. The summed E-state index contributed by atoms with van der Waals surface area (Å²) in [6.07, 6.45) is 5.23. The zero-order chi connectivity index (χ0) is 22.5. The molecule has 6 heteroatoms. The molecule has 0 aromatic heterocycles. The highest BCUT2D eigenvalue weighted by molar-refractivity contribution is 7.89. The molecule has 166 valence electrons. The van der Waals surface area contributed by atoms with E-state index in [-0.39, 0.29) is 23.6 Å². The Balaban J connectivity index is 1.62. The zero-order valence-electron chi connectivity index (χ0n) is 18.3. The van der Waals surface area contributed by atoms with E-state index in [0.717, 1.165) is 34.0 Å². The number of allylic oxidation sites excluding steroid dienone is 2. The number of sulfonamides is 1. The molecule has 1 aliphatic heterocycles. The van der Waals surface area contributed by atoms with E-state index < -0.39 is 10.0 Å². The molecular weight excluding hydrogens is 420 g/mol. The second-order valence-corrected chi connectivity index (χ2v) is 10.5. The van der Waals surface area contributed by atoms with Crippen LogP contribution >= 0.6 is 0 Å². The lowest BCUT2D eigenvalue weighted by atomic mass is 9.76. The van der Waals surface area contributed by atoms with Crippen molar-refractivity contribution in [3.05, 3.63) is 77.9 Å². The van der Waals surface area contributed by atoms with Crippen LogP contribution < -0.4 is 5.32 Å². The Morgan fingerprint density at radius 2 is 1.84 bits per heavy atom. The highest BCUT2D eigenvalue weighted by atomic mass is 32.2. The maximum absolute atomic E-state index is 13.1. The van der Waals surface area contributed by atoms with Gasteiger partial charge in [0.25, 0.3) is 0 Å². The van der Waals surface area contributed by atoms with Gasteiger partial charge in [0.2, 0.25) is 10.0 Å². The van der Waals surface area contributed by atoms with Crippen LogP contribution in [0.4, 0.5) is 5.69 Å². The van der Waals surface area contributed by atoms with Crippen LogP contribution in [-0.4, -0.2) is 30.9 Å². The number of anilines is 1. The highest BCUT2D eigenvalue weighted by Crippen LogP contribution is 2.52. The van der Waals surface area contributed by atoms with E-state index in [1.165, 1.54) is 4.31 Å². The van der Waals surface area contributed by atoms with Gasteiger partial charge in [0.05, 0.1) is 10.9 Å². The van der Waals surface area contributed by atoms with E-state index in [2.05, 4.69) is 29.6 Å². The number of rotatable bonds is 5. The first-order valence-electron chi connectivity index (χ1n) is 11.2. The van der Waals surface area contributed by atoms with E-state index >= 15 is 0 Å². The van der Waals surface area contributed by atoms with Crippen molar-refractivity contribution in [2.75, 3.05) is 18.4 Å². The van der Waals surface area contributed by atoms with Crippen LogP contribution in [0.15, 0.2) is 71.6 Å². The second-order valence-electron chi connectivity index (χ2n) is 8.53. The molecule has 2 N–H and O–H groups in total. The minimum Gasteiger partial charge on any atom is -0.508 e. The first-order valence-corrected chi connectivity index (χ1v) is 12.7. The monoisotopic (exact) mass is 448 g/mol. The van der Waals surface area contributed by atoms with Crippen molar-refractivity contribution in [1.29, 1.82) is 0 Å². The van der Waals surface area contributed by atoms with Gasteiger partial charge in [-0.05, 0) is 52.9 Å². The lowest BCUT2D eigenvalue weighted by molar-refractivity contribution is 0.404. The average Bonchev–Trinajstić information content (AvgIpc) is 3.29. The van der Waals surface area contributed by atoms with Gasteiger partial charge in [-0.15, -0.1) is 0 Å². The Morgan fingerprint density at radius 3 is 2.62 bits per heavy atom. The number of hydrogen-bond donors (Lipinski definition) is 2. The molecule has 3 aromatic rings. The summed E-state index contributed by atoms with van der Waals surface area (Å²) < 4.78 is 27.7. The molecule has 0 bridgehead atoms. The number of phenols is 1. The molecule has 3 unspecified atom stereocenters. The van der Waals surface area contributed by atoms with Gasteiger partial charge in [-0.1, -0.05) is 56.3 Å². The quantitative estimate of drug-likeness (QED) is 0.513. The molecule has 32 heavy (non-hydrogen) atoms. The standard InChI is InChI=1S/C26H28N2O3S/c1-3-28(4-2)32(30,31)18-13-14-23-22(16-18)20-10-7-11-21(20)26(27-23)25-19-9-6-5-8-17(19)12-15-24(25)29/h5-10,12-16,20-21,26-27,29H,3-4,11H2,1-2H3. The van der Waals surface area contributed by atoms with E-state index in [9.17, 15) is 13.5 Å². The van der Waals surface area contributed by atoms with Gasteiger partial charge >= 0.3 is 0 Å². The first-order chi connectivity index (χ1) is 15.5. The van der Waals surface area contributed by atoms with Gasteiger partial charge in [-0.2, -0.15) is 4.31 Å². The molecule has 2 aliphatic rings. The fourth-order valence-electron chi connectivity index (χ4n) is 5.34. The van der Waals surface area contributed by atoms with E-state index in [1.807, 2.05) is 44.2 Å². The first kappa shape index (κ1) is 21.0. The smallest absolute Gasteiger partial charge is 0.243 e. The molecule has 1 aliphatic carbocycles. The molecule has 0 spiro atoms. The Hall–Kier alpha value is -2.83. The summed E-state index contributed by atoms with van der Waals surface area (Å²) in [5.74, 6) is 0.586. The van der Waals surface area contributed by atoms with Crippen molar-refractivity contribution in [2.45, 2.75) is 37.1 Å². The molecule has 0 saturated carbocycles. The van der Waals surface area contributed by atoms with Crippen LogP contribution in [-0.2, 0) is 10.0 Å². The number of benzene rings is 3. The number of aromatic hydroxyl groups is 1. The number of nitrogens with zero attached hydrogens (tertiary/aromatic N) is 1. The Bertz CT molecular complexity index is 1310. The normalized spacial score (nSPS) is 22.0. The summed E-state index contributed by atoms with van der Waals surface area (Å²) in [5, 5.41) is 16.6. The molecule has 3 aromatic carbocycles. The van der Waals surface area contributed by atoms with Gasteiger partial charge in [0.15, 0.2) is 0 Å². The van der Waals surface area contributed by atoms with Crippen LogP contribution in [0, 0.1) is 5.92 Å². The molecular formula is C26H28N2O3S. The summed E-state index contributed by atoms with van der Waals surface area (Å²) in [4.78, 5) is 0.340. The largest absolute Gasteiger partial charge is 0.508 e. The molecule has 0 fully saturated rings. The van der Waals surface area contributed by atoms with E-state index in [0.29, 0.717) is 18.0 Å². The molecule has 0 radical (unpaired) electrons. The molecule has 0 saturated heterocycles. The maximum atomic E-state index is 13.1. The average molecular weight is 449 g/mol. The second kappa shape index (κ2) is 7.94. The van der Waals surface area contributed by atoms with Gasteiger partial charge in [-0.3, -0.25) is 0 Å². The van der Waals surface area contributed by atoms with E-state index in [1.54, 1.807) is 12.1 Å². The van der Waals surface area contributed by atoms with Crippen LogP contribution in [0.2, 0.25) is 0 Å². The predicted octanol–water partition coefficient (Wildman–Crippen LogP) is 5.40. The van der Waals surface area contributed by atoms with Gasteiger partial charge in [0, 0.05) is 30.3 Å². The number of hydrogen-bond acceptors (Lipinski definition) is 4. The van der Waals surface area contributed by atoms with E-state index in [4.69, 9.17) is 0 Å². The molecule has 0 amide bonds. The SMILES string of the molecule is CCN(CC)S(=O)(=O)c1ccc2c(c1)C1C=CCC1C(c1c(O)ccc3ccccc13)N2. The van der Waals surface area contributed by atoms with Gasteiger partial charge in [0.1, 0.15) is 5.75 Å². The Labute approximate surface area is 189 Å². The third-order valence-corrected chi connectivity index (χ3v) is 8.98. The summed E-state index contributed by atoms with van der Waals surface area (Å²) in [5.41, 5.74) is 2.84. The van der Waals surface area contributed by atoms with Crippen molar-refractivity contribution in [2.24, 2.45) is 5.92 Å². The lowest BCUT2D eigenvalue weighted by Gasteiger charge is -2.38.